The first-order chi connectivity index (χ1) is 24.8. The highest BCUT2D eigenvalue weighted by Crippen LogP contribution is 2.29. The first-order valence-corrected chi connectivity index (χ1v) is 17.7. The number of nitrogens with one attached hydrogen (secondary N) is 4. The molecule has 0 atom stereocenters. The first kappa shape index (κ1) is 36.5. The Morgan fingerprint density at radius 1 is 0.608 bits per heavy atom. The quantitative estimate of drug-likeness (QED) is 0.125. The number of thioether (sulfide) groups is 2. The Kier molecular flexibility index (Phi) is 13.1. The number of unbranched alkanes of at least 4 members (excludes halogenated alkanes) is 1. The molecular formula is C35H32N6O8S2. The summed E-state index contributed by atoms with van der Waals surface area (Å²) >= 11 is 2.63. The van der Waals surface area contributed by atoms with Crippen molar-refractivity contribution in [2.24, 2.45) is 0 Å². The number of hydrogen-bond acceptors (Lipinski definition) is 12. The van der Waals surface area contributed by atoms with E-state index >= 15 is 0 Å². The van der Waals surface area contributed by atoms with E-state index in [1.54, 1.807) is 48.5 Å². The molecule has 16 heteroatoms. The lowest BCUT2D eigenvalue weighted by Crippen LogP contribution is -2.28. The maximum Gasteiger partial charge on any atom is 0.412 e. The second kappa shape index (κ2) is 18.3. The van der Waals surface area contributed by atoms with Crippen LogP contribution in [0.25, 0.3) is 0 Å². The summed E-state index contributed by atoms with van der Waals surface area (Å²) in [6, 6.07) is 17.6. The molecule has 0 radical (unpaired) electrons. The Balaban J connectivity index is 0.000000198. The molecule has 2 aliphatic rings. The van der Waals surface area contributed by atoms with Gasteiger partial charge in [-0.05, 0) is 55.0 Å². The van der Waals surface area contributed by atoms with Crippen molar-refractivity contribution in [2.45, 2.75) is 19.3 Å². The van der Waals surface area contributed by atoms with E-state index in [1.165, 1.54) is 48.1 Å². The smallest absolute Gasteiger partial charge is 0.410 e. The zero-order chi connectivity index (χ0) is 36.0. The predicted molar refractivity (Wildman–Crippen MR) is 190 cm³/mol. The number of aromatic amines is 2. The summed E-state index contributed by atoms with van der Waals surface area (Å²) in [5, 5.41) is 17.9. The van der Waals surface area contributed by atoms with E-state index in [1.807, 2.05) is 12.1 Å². The fraction of sp³-hybridized carbons (Fsp3) is 0.200. The SMILES string of the molecule is O=C(NCCCCSC1=CC(=O)c2[nH]ncc2C1=O)Oc1ccccc1.O=C(NCCCSC1=CC(=O)c2[nH]ncc2C1=O)Oc1ccccc1. The molecule has 14 nitrogen and oxygen atoms in total. The topological polar surface area (TPSA) is 202 Å². The van der Waals surface area contributed by atoms with E-state index < -0.39 is 12.2 Å². The first-order valence-electron chi connectivity index (χ1n) is 15.8. The third-order valence-electron chi connectivity index (χ3n) is 7.09. The van der Waals surface area contributed by atoms with Crippen molar-refractivity contribution in [3.8, 4) is 11.5 Å². The zero-order valence-electron chi connectivity index (χ0n) is 27.0. The molecule has 4 N–H and O–H groups in total. The third-order valence-corrected chi connectivity index (χ3v) is 9.30. The van der Waals surface area contributed by atoms with Crippen LogP contribution in [-0.4, -0.2) is 80.3 Å². The van der Waals surface area contributed by atoms with Gasteiger partial charge in [-0.25, -0.2) is 9.59 Å². The predicted octanol–water partition coefficient (Wildman–Crippen LogP) is 5.56. The molecule has 4 aromatic rings. The van der Waals surface area contributed by atoms with Crippen LogP contribution in [0.3, 0.4) is 0 Å². The molecule has 0 fully saturated rings. The number of rotatable bonds is 13. The Morgan fingerprint density at radius 2 is 1.04 bits per heavy atom. The van der Waals surface area contributed by atoms with Gasteiger partial charge in [0.2, 0.25) is 23.1 Å². The van der Waals surface area contributed by atoms with Crippen LogP contribution in [0.4, 0.5) is 9.59 Å². The number of amides is 2. The third kappa shape index (κ3) is 10.4. The van der Waals surface area contributed by atoms with E-state index in [2.05, 4.69) is 31.0 Å². The largest absolute Gasteiger partial charge is 0.412 e. The van der Waals surface area contributed by atoms with Gasteiger partial charge in [-0.1, -0.05) is 36.4 Å². The van der Waals surface area contributed by atoms with Crippen LogP contribution in [0.1, 0.15) is 61.0 Å². The highest BCUT2D eigenvalue weighted by atomic mass is 32.2. The zero-order valence-corrected chi connectivity index (χ0v) is 28.6. The Hall–Kier alpha value is -5.74. The number of ketones is 4. The summed E-state index contributed by atoms with van der Waals surface area (Å²) in [4.78, 5) is 72.3. The minimum Gasteiger partial charge on any atom is -0.410 e. The van der Waals surface area contributed by atoms with Gasteiger partial charge >= 0.3 is 12.2 Å². The summed E-state index contributed by atoms with van der Waals surface area (Å²) in [6.07, 6.45) is 6.56. The molecule has 2 aromatic heterocycles. The second-order valence-electron chi connectivity index (χ2n) is 10.7. The number of fused-ring (bicyclic) bond motifs is 2. The number of Topliss-reactive ketones (excluding diaryl/α,β-unsaturated/α-hetero) is 2. The number of benzene rings is 2. The number of ether oxygens (including phenoxy) is 2. The van der Waals surface area contributed by atoms with Gasteiger partial charge in [-0.2, -0.15) is 10.2 Å². The Morgan fingerprint density at radius 3 is 1.51 bits per heavy atom. The van der Waals surface area contributed by atoms with Crippen LogP contribution in [0.15, 0.2) is 95.0 Å². The fourth-order valence-corrected chi connectivity index (χ4v) is 6.53. The lowest BCUT2D eigenvalue weighted by atomic mass is 10.0. The lowest BCUT2D eigenvalue weighted by Gasteiger charge is -2.10. The minimum absolute atomic E-state index is 0.178. The van der Waals surface area contributed by atoms with Gasteiger partial charge < -0.3 is 20.1 Å². The monoisotopic (exact) mass is 728 g/mol. The van der Waals surface area contributed by atoms with Gasteiger partial charge in [-0.15, -0.1) is 23.5 Å². The average molecular weight is 729 g/mol. The van der Waals surface area contributed by atoms with Gasteiger partial charge in [0.15, 0.2) is 0 Å². The number of allylic oxidation sites excluding steroid dienone is 4. The van der Waals surface area contributed by atoms with Crippen LogP contribution in [-0.2, 0) is 0 Å². The highest BCUT2D eigenvalue weighted by molar-refractivity contribution is 8.04. The number of carbonyl (C=O) groups is 6. The number of para-hydroxylation sites is 2. The van der Waals surface area contributed by atoms with Crippen molar-refractivity contribution in [2.75, 3.05) is 24.6 Å². The van der Waals surface area contributed by atoms with Crippen LogP contribution < -0.4 is 20.1 Å². The van der Waals surface area contributed by atoms with Crippen LogP contribution in [0.2, 0.25) is 0 Å². The Bertz CT molecular complexity index is 1960. The minimum atomic E-state index is -0.526. The summed E-state index contributed by atoms with van der Waals surface area (Å²) < 4.78 is 10.2. The van der Waals surface area contributed by atoms with Gasteiger partial charge in [0.05, 0.1) is 33.3 Å². The molecular weight excluding hydrogens is 697 g/mol. The molecule has 2 amide bonds. The molecule has 2 aromatic carbocycles. The van der Waals surface area contributed by atoms with E-state index in [9.17, 15) is 28.8 Å². The van der Waals surface area contributed by atoms with Gasteiger partial charge in [0.25, 0.3) is 0 Å². The normalized spacial score (nSPS) is 13.2. The van der Waals surface area contributed by atoms with Crippen LogP contribution in [0, 0.1) is 0 Å². The molecule has 0 bridgehead atoms. The van der Waals surface area contributed by atoms with Crippen LogP contribution in [0.5, 0.6) is 11.5 Å². The highest BCUT2D eigenvalue weighted by Gasteiger charge is 2.28. The summed E-state index contributed by atoms with van der Waals surface area (Å²) in [5.74, 6) is 1.36. The number of carbonyl (C=O) groups excluding carboxylic acids is 6. The number of hydrogen-bond donors (Lipinski definition) is 4. The van der Waals surface area contributed by atoms with Gasteiger partial charge in [0.1, 0.15) is 22.9 Å². The molecule has 51 heavy (non-hydrogen) atoms. The number of nitrogens with zero attached hydrogens (tertiary/aromatic N) is 2. The van der Waals surface area contributed by atoms with Crippen molar-refractivity contribution in [3.05, 3.63) is 118 Å². The molecule has 0 spiro atoms. The number of H-pyrrole nitrogens is 2. The van der Waals surface area contributed by atoms with Gasteiger partial charge in [-0.3, -0.25) is 29.4 Å². The average Bonchev–Trinajstić information content (AvgIpc) is 3.84. The lowest BCUT2D eigenvalue weighted by molar-refractivity contribution is 0.0989. The molecule has 262 valence electrons. The summed E-state index contributed by atoms with van der Waals surface area (Å²) in [5.41, 5.74) is 1.12. The maximum atomic E-state index is 12.2. The van der Waals surface area contributed by atoms with Gasteiger partial charge in [0, 0.05) is 25.2 Å². The van der Waals surface area contributed by atoms with Crippen molar-refractivity contribution >= 4 is 58.8 Å². The van der Waals surface area contributed by atoms with E-state index in [0.717, 1.165) is 12.8 Å². The summed E-state index contributed by atoms with van der Waals surface area (Å²) in [7, 11) is 0. The molecule has 2 heterocycles. The second-order valence-corrected chi connectivity index (χ2v) is 13.0. The molecule has 0 saturated carbocycles. The number of aromatic nitrogens is 4. The van der Waals surface area contributed by atoms with Crippen molar-refractivity contribution < 1.29 is 38.2 Å². The van der Waals surface area contributed by atoms with Crippen molar-refractivity contribution in [1.82, 2.24) is 31.0 Å². The van der Waals surface area contributed by atoms with E-state index in [-0.39, 0.29) is 34.5 Å². The van der Waals surface area contributed by atoms with Crippen LogP contribution >= 0.6 is 23.5 Å². The maximum absolute atomic E-state index is 12.2. The van der Waals surface area contributed by atoms with Crippen molar-refractivity contribution in [3.63, 3.8) is 0 Å². The molecule has 0 aliphatic heterocycles. The molecule has 0 unspecified atom stereocenters. The molecule has 6 rings (SSSR count). The standard InChI is InChI=1S/C18H17N3O4S.C17H15N3O4S/c22-14-10-15(17(23)13-11-20-21-16(13)14)26-9-5-4-8-19-18(24)25-12-6-2-1-3-7-12;21-13-9-14(16(22)12-10-19-20-15(12)13)25-8-4-7-18-17(23)24-11-5-2-1-3-6-11/h1-3,6-7,10-11H,4-5,8-9H2,(H,19,24)(H,20,21);1-3,5-6,9-10H,4,7-8H2,(H,18,23)(H,19,20). The molecule has 0 saturated heterocycles. The fourth-order valence-electron chi connectivity index (χ4n) is 4.59. The molecule has 2 aliphatic carbocycles. The van der Waals surface area contributed by atoms with E-state index in [4.69, 9.17) is 9.47 Å². The van der Waals surface area contributed by atoms with Crippen molar-refractivity contribution in [1.29, 1.82) is 0 Å². The summed E-state index contributed by atoms with van der Waals surface area (Å²) in [6.45, 7) is 0.884. The Labute approximate surface area is 300 Å². The van der Waals surface area contributed by atoms with E-state index in [0.29, 0.717) is 63.5 Å².